The molecule has 1 amide bonds. The lowest BCUT2D eigenvalue weighted by atomic mass is 9.98. The molecule has 35 heavy (non-hydrogen) atoms. The van der Waals surface area contributed by atoms with Gasteiger partial charge in [-0.15, -0.1) is 0 Å². The Bertz CT molecular complexity index is 1440. The van der Waals surface area contributed by atoms with Gasteiger partial charge in [0.15, 0.2) is 10.7 Å². The molecule has 178 valence electrons. The molecular formula is C25H21BrN4O4S. The number of oxazole rings is 1. The van der Waals surface area contributed by atoms with Gasteiger partial charge in [-0.05, 0) is 88.5 Å². The van der Waals surface area contributed by atoms with Gasteiger partial charge in [-0.1, -0.05) is 19.9 Å². The number of hydrogen-bond acceptors (Lipinski definition) is 6. The van der Waals surface area contributed by atoms with E-state index in [2.05, 4.69) is 57.5 Å². The maximum Gasteiger partial charge on any atom is 0.270 e. The number of amides is 1. The van der Waals surface area contributed by atoms with Gasteiger partial charge in [-0.2, -0.15) is 0 Å². The van der Waals surface area contributed by atoms with Crippen molar-refractivity contribution in [1.82, 2.24) is 10.3 Å². The lowest BCUT2D eigenvalue weighted by molar-refractivity contribution is -0.384. The Morgan fingerprint density at radius 1 is 1.17 bits per heavy atom. The zero-order valence-corrected chi connectivity index (χ0v) is 21.3. The SMILES string of the molecule is CC[C@H](C)c1ccc2oc(-c3ccc(NC(=S)NC(=O)c4cc([N+](=O)[O-])ccc4Br)cc3)nc2c1. The molecule has 0 spiro atoms. The van der Waals surface area contributed by atoms with Crippen LogP contribution in [0.15, 0.2) is 69.6 Å². The van der Waals surface area contributed by atoms with Gasteiger partial charge < -0.3 is 9.73 Å². The van der Waals surface area contributed by atoms with Crippen molar-refractivity contribution < 1.29 is 14.1 Å². The number of carbonyl (C=O) groups excluding carboxylic acids is 1. The van der Waals surface area contributed by atoms with Gasteiger partial charge in [0, 0.05) is 27.9 Å². The number of thiocarbonyl (C=S) groups is 1. The van der Waals surface area contributed by atoms with Crippen LogP contribution >= 0.6 is 28.1 Å². The van der Waals surface area contributed by atoms with Crippen molar-refractivity contribution in [3.8, 4) is 11.5 Å². The molecule has 0 aliphatic rings. The van der Waals surface area contributed by atoms with Crippen LogP contribution in [0.3, 0.4) is 0 Å². The molecule has 0 aliphatic carbocycles. The van der Waals surface area contributed by atoms with Gasteiger partial charge in [0.05, 0.1) is 10.5 Å². The third-order valence-electron chi connectivity index (χ3n) is 5.62. The van der Waals surface area contributed by atoms with E-state index in [-0.39, 0.29) is 16.4 Å². The van der Waals surface area contributed by atoms with Crippen molar-refractivity contribution in [2.75, 3.05) is 5.32 Å². The first kappa shape index (κ1) is 24.5. The topological polar surface area (TPSA) is 110 Å². The molecule has 3 aromatic carbocycles. The predicted octanol–water partition coefficient (Wildman–Crippen LogP) is 6.81. The molecule has 4 aromatic rings. The summed E-state index contributed by atoms with van der Waals surface area (Å²) >= 11 is 8.46. The zero-order chi connectivity index (χ0) is 25.1. The molecule has 0 unspecified atom stereocenters. The van der Waals surface area contributed by atoms with Gasteiger partial charge in [-0.3, -0.25) is 20.2 Å². The average molecular weight is 553 g/mol. The highest BCUT2D eigenvalue weighted by Gasteiger charge is 2.17. The standard InChI is InChI=1S/C25H21BrN4O4S/c1-3-14(2)16-6-11-22-21(12-16)28-24(34-22)15-4-7-17(8-5-15)27-25(35)29-23(31)19-13-18(30(32)33)9-10-20(19)26/h4-14H,3H2,1-2H3,(H2,27,29,31,35)/t14-/m0/s1. The number of aromatic nitrogens is 1. The first-order valence-corrected chi connectivity index (χ1v) is 12.0. The monoisotopic (exact) mass is 552 g/mol. The van der Waals surface area contributed by atoms with Crippen LogP contribution in [0.5, 0.6) is 0 Å². The highest BCUT2D eigenvalue weighted by atomic mass is 79.9. The van der Waals surface area contributed by atoms with Crippen molar-refractivity contribution in [3.05, 3.63) is 86.4 Å². The molecule has 0 radical (unpaired) electrons. The minimum absolute atomic E-state index is 0.0561. The Kier molecular flexibility index (Phi) is 7.23. The second kappa shape index (κ2) is 10.3. The second-order valence-electron chi connectivity index (χ2n) is 7.96. The van der Waals surface area contributed by atoms with Gasteiger partial charge >= 0.3 is 0 Å². The van der Waals surface area contributed by atoms with Crippen LogP contribution in [0, 0.1) is 10.1 Å². The van der Waals surface area contributed by atoms with E-state index in [4.69, 9.17) is 16.6 Å². The van der Waals surface area contributed by atoms with E-state index in [0.29, 0.717) is 22.0 Å². The fraction of sp³-hybridized carbons (Fsp3) is 0.160. The number of nitrogens with one attached hydrogen (secondary N) is 2. The van der Waals surface area contributed by atoms with Gasteiger partial charge in [0.2, 0.25) is 5.89 Å². The molecule has 10 heteroatoms. The Morgan fingerprint density at radius 2 is 1.91 bits per heavy atom. The number of nitro benzene ring substituents is 1. The van der Waals surface area contributed by atoms with Crippen molar-refractivity contribution in [1.29, 1.82) is 0 Å². The average Bonchev–Trinajstić information content (AvgIpc) is 3.27. The molecule has 8 nitrogen and oxygen atoms in total. The van der Waals surface area contributed by atoms with Crippen molar-refractivity contribution >= 4 is 61.6 Å². The van der Waals surface area contributed by atoms with Gasteiger partial charge in [0.25, 0.3) is 11.6 Å². The second-order valence-corrected chi connectivity index (χ2v) is 9.22. The molecule has 2 N–H and O–H groups in total. The highest BCUT2D eigenvalue weighted by molar-refractivity contribution is 9.10. The number of hydrogen-bond donors (Lipinski definition) is 2. The number of nitrogens with zero attached hydrogens (tertiary/aromatic N) is 2. The van der Waals surface area contributed by atoms with Gasteiger partial charge in [0.1, 0.15) is 5.52 Å². The molecule has 0 aliphatic heterocycles. The van der Waals surface area contributed by atoms with E-state index in [1.807, 2.05) is 18.2 Å². The van der Waals surface area contributed by atoms with Crippen LogP contribution in [0.1, 0.15) is 42.1 Å². The number of benzene rings is 3. The van der Waals surface area contributed by atoms with E-state index in [0.717, 1.165) is 23.1 Å². The number of halogens is 1. The summed E-state index contributed by atoms with van der Waals surface area (Å²) in [5.74, 6) is 0.393. The number of nitro groups is 1. The van der Waals surface area contributed by atoms with Crippen LogP contribution in [-0.4, -0.2) is 20.9 Å². The molecule has 4 rings (SSSR count). The Hall–Kier alpha value is -3.63. The maximum absolute atomic E-state index is 12.5. The molecule has 0 bridgehead atoms. The number of carbonyl (C=O) groups is 1. The summed E-state index contributed by atoms with van der Waals surface area (Å²) < 4.78 is 6.33. The Morgan fingerprint density at radius 3 is 2.60 bits per heavy atom. The van der Waals surface area contributed by atoms with Crippen LogP contribution < -0.4 is 10.6 Å². The van der Waals surface area contributed by atoms with E-state index in [1.54, 1.807) is 12.1 Å². The van der Waals surface area contributed by atoms with E-state index in [9.17, 15) is 14.9 Å². The minimum Gasteiger partial charge on any atom is -0.436 e. The molecular weight excluding hydrogens is 532 g/mol. The molecule has 1 atom stereocenters. The van der Waals surface area contributed by atoms with Crippen molar-refractivity contribution in [2.24, 2.45) is 0 Å². The minimum atomic E-state index is -0.571. The van der Waals surface area contributed by atoms with Crippen molar-refractivity contribution in [3.63, 3.8) is 0 Å². The normalized spacial score (nSPS) is 11.7. The fourth-order valence-electron chi connectivity index (χ4n) is 3.44. The first-order valence-electron chi connectivity index (χ1n) is 10.8. The number of rotatable bonds is 6. The van der Waals surface area contributed by atoms with E-state index < -0.39 is 10.8 Å². The Labute approximate surface area is 215 Å². The van der Waals surface area contributed by atoms with Crippen molar-refractivity contribution in [2.45, 2.75) is 26.2 Å². The van der Waals surface area contributed by atoms with E-state index in [1.165, 1.54) is 23.8 Å². The highest BCUT2D eigenvalue weighted by Crippen LogP contribution is 2.28. The number of fused-ring (bicyclic) bond motifs is 1. The largest absolute Gasteiger partial charge is 0.436 e. The van der Waals surface area contributed by atoms with Crippen LogP contribution in [0.4, 0.5) is 11.4 Å². The number of anilines is 1. The molecule has 1 aromatic heterocycles. The maximum atomic E-state index is 12.5. The number of non-ortho nitro benzene ring substituents is 1. The van der Waals surface area contributed by atoms with E-state index >= 15 is 0 Å². The smallest absolute Gasteiger partial charge is 0.270 e. The fourth-order valence-corrected chi connectivity index (χ4v) is 4.08. The van der Waals surface area contributed by atoms with Crippen LogP contribution in [0.25, 0.3) is 22.6 Å². The molecule has 0 fully saturated rings. The molecule has 0 saturated heterocycles. The van der Waals surface area contributed by atoms with Crippen LogP contribution in [-0.2, 0) is 0 Å². The predicted molar refractivity (Wildman–Crippen MR) is 143 cm³/mol. The lowest BCUT2D eigenvalue weighted by Gasteiger charge is -2.10. The van der Waals surface area contributed by atoms with Crippen LogP contribution in [0.2, 0.25) is 0 Å². The summed E-state index contributed by atoms with van der Waals surface area (Å²) in [7, 11) is 0. The van der Waals surface area contributed by atoms with Gasteiger partial charge in [-0.25, -0.2) is 4.98 Å². The summed E-state index contributed by atoms with van der Waals surface area (Å²) in [5, 5.41) is 16.5. The summed E-state index contributed by atoms with van der Waals surface area (Å²) in [6, 6.07) is 17.3. The summed E-state index contributed by atoms with van der Waals surface area (Å²) in [6.45, 7) is 4.34. The third kappa shape index (κ3) is 5.55. The first-order chi connectivity index (χ1) is 16.7. The summed E-state index contributed by atoms with van der Waals surface area (Å²) in [5.41, 5.74) is 4.13. The summed E-state index contributed by atoms with van der Waals surface area (Å²) in [4.78, 5) is 27.6. The molecule has 1 heterocycles. The zero-order valence-electron chi connectivity index (χ0n) is 18.9. The Balaban J connectivity index is 1.44. The summed E-state index contributed by atoms with van der Waals surface area (Å²) in [6.07, 6.45) is 1.05. The quantitative estimate of drug-likeness (QED) is 0.153. The lowest BCUT2D eigenvalue weighted by Crippen LogP contribution is -2.34. The molecule has 0 saturated carbocycles. The third-order valence-corrected chi connectivity index (χ3v) is 6.51.